The first-order chi connectivity index (χ1) is 19.5. The molecule has 2 atom stereocenters. The molecule has 0 aliphatic rings. The molecule has 0 aliphatic heterocycles. The first kappa shape index (κ1) is 29.8. The molecule has 0 N–H and O–H groups in total. The van der Waals surface area contributed by atoms with Crippen molar-refractivity contribution in [1.82, 2.24) is 0 Å². The zero-order valence-electron chi connectivity index (χ0n) is 25.0. The number of ether oxygens (including phenoxy) is 1. The Kier molecular flexibility index (Phi) is 10.3. The minimum Gasteiger partial charge on any atom is -0.488 e. The highest BCUT2D eigenvalue weighted by Gasteiger charge is 2.35. The Morgan fingerprint density at radius 3 is 2.10 bits per heavy atom. The summed E-state index contributed by atoms with van der Waals surface area (Å²) in [6.45, 7) is 12.1. The molecule has 2 nitrogen and oxygen atoms in total. The summed E-state index contributed by atoms with van der Waals surface area (Å²) in [5.41, 5.74) is 8.63. The summed E-state index contributed by atoms with van der Waals surface area (Å²) in [4.78, 5) is 4.81. The van der Waals surface area contributed by atoms with E-state index in [1.54, 1.807) is 0 Å². The van der Waals surface area contributed by atoms with Gasteiger partial charge in [-0.25, -0.2) is 0 Å². The zero-order valence-corrected chi connectivity index (χ0v) is 26.0. The maximum Gasteiger partial charge on any atom is 0.127 e. The molecule has 4 aromatic carbocycles. The SMILES string of the molecule is CCC(C)c1cccc(C(CC)(CC)Pc2c(C)cccc2C(=NC)c2ccccc2)c1OCc1ccccc1. The fourth-order valence-electron chi connectivity index (χ4n) is 5.58. The number of para-hydroxylation sites is 1. The molecule has 40 heavy (non-hydrogen) atoms. The van der Waals surface area contributed by atoms with Crippen molar-refractivity contribution in [3.63, 3.8) is 0 Å². The van der Waals surface area contributed by atoms with E-state index in [0.717, 1.165) is 36.3 Å². The van der Waals surface area contributed by atoms with E-state index in [2.05, 4.69) is 132 Å². The van der Waals surface area contributed by atoms with E-state index in [4.69, 9.17) is 9.73 Å². The normalized spacial score (nSPS) is 13.1. The molecule has 0 saturated carbocycles. The van der Waals surface area contributed by atoms with Gasteiger partial charge in [-0.15, -0.1) is 0 Å². The third kappa shape index (κ3) is 6.39. The zero-order chi connectivity index (χ0) is 28.5. The van der Waals surface area contributed by atoms with Crippen LogP contribution in [0, 0.1) is 6.92 Å². The average molecular weight is 550 g/mol. The van der Waals surface area contributed by atoms with Gasteiger partial charge in [0.2, 0.25) is 0 Å². The number of benzene rings is 4. The van der Waals surface area contributed by atoms with Gasteiger partial charge in [-0.05, 0) is 54.1 Å². The highest BCUT2D eigenvalue weighted by Crippen LogP contribution is 2.52. The van der Waals surface area contributed by atoms with Gasteiger partial charge >= 0.3 is 0 Å². The summed E-state index contributed by atoms with van der Waals surface area (Å²) in [5, 5.41) is 1.35. The van der Waals surface area contributed by atoms with Crippen LogP contribution in [0.15, 0.2) is 102 Å². The molecule has 4 rings (SSSR count). The third-order valence-electron chi connectivity index (χ3n) is 8.30. The predicted octanol–water partition coefficient (Wildman–Crippen LogP) is 9.57. The second-order valence-electron chi connectivity index (χ2n) is 10.7. The van der Waals surface area contributed by atoms with Crippen molar-refractivity contribution < 1.29 is 4.74 Å². The lowest BCUT2D eigenvalue weighted by molar-refractivity contribution is 0.293. The largest absolute Gasteiger partial charge is 0.488 e. The topological polar surface area (TPSA) is 21.6 Å². The van der Waals surface area contributed by atoms with E-state index in [9.17, 15) is 0 Å². The van der Waals surface area contributed by atoms with E-state index in [1.807, 2.05) is 7.05 Å². The van der Waals surface area contributed by atoms with Crippen LogP contribution < -0.4 is 10.0 Å². The predicted molar refractivity (Wildman–Crippen MR) is 175 cm³/mol. The van der Waals surface area contributed by atoms with Gasteiger partial charge in [-0.3, -0.25) is 4.99 Å². The van der Waals surface area contributed by atoms with Gasteiger partial charge < -0.3 is 4.74 Å². The van der Waals surface area contributed by atoms with Gasteiger partial charge in [0.05, 0.1) is 5.71 Å². The number of hydrogen-bond donors (Lipinski definition) is 0. The van der Waals surface area contributed by atoms with Crippen molar-refractivity contribution in [2.24, 2.45) is 4.99 Å². The number of rotatable bonds is 12. The molecule has 4 aromatic rings. The number of nitrogens with zero attached hydrogens (tertiary/aromatic N) is 1. The van der Waals surface area contributed by atoms with Crippen LogP contribution in [0.5, 0.6) is 5.75 Å². The maximum atomic E-state index is 6.80. The molecule has 2 unspecified atom stereocenters. The van der Waals surface area contributed by atoms with Crippen LogP contribution in [-0.2, 0) is 11.8 Å². The summed E-state index contributed by atoms with van der Waals surface area (Å²) in [6, 6.07) is 34.6. The van der Waals surface area contributed by atoms with Crippen molar-refractivity contribution in [3.8, 4) is 5.75 Å². The Balaban J connectivity index is 1.85. The molecule has 0 aliphatic carbocycles. The van der Waals surface area contributed by atoms with E-state index in [0.29, 0.717) is 21.1 Å². The quantitative estimate of drug-likeness (QED) is 0.127. The standard InChI is InChI=1S/C37H44NOP/c1-7-27(4)31-23-17-25-33(35(31)39-26-29-19-12-10-13-20-29)37(8-2,9-3)40-36-28(5)18-16-24-32(36)34(38-6)30-21-14-11-15-22-30/h10-25,27,40H,7-9,26H2,1-6H3. The third-order valence-corrected chi connectivity index (χ3v) is 10.7. The number of aliphatic imine (C=N–C) groups is 1. The van der Waals surface area contributed by atoms with Crippen molar-refractivity contribution in [1.29, 1.82) is 0 Å². The van der Waals surface area contributed by atoms with Crippen molar-refractivity contribution in [2.45, 2.75) is 71.6 Å². The van der Waals surface area contributed by atoms with Crippen LogP contribution in [0.2, 0.25) is 0 Å². The van der Waals surface area contributed by atoms with Crippen LogP contribution in [0.25, 0.3) is 0 Å². The summed E-state index contributed by atoms with van der Waals surface area (Å²) in [6.07, 6.45) is 3.14. The fourth-order valence-corrected chi connectivity index (χ4v) is 7.36. The average Bonchev–Trinajstić information content (AvgIpc) is 3.01. The Hall–Kier alpha value is -3.22. The molecule has 0 fully saturated rings. The van der Waals surface area contributed by atoms with Crippen LogP contribution in [-0.4, -0.2) is 12.8 Å². The summed E-state index contributed by atoms with van der Waals surface area (Å²) < 4.78 is 6.80. The molecule has 0 saturated heterocycles. The lowest BCUT2D eigenvalue weighted by Gasteiger charge is -2.36. The molecule has 0 aromatic heterocycles. The van der Waals surface area contributed by atoms with Crippen molar-refractivity contribution in [3.05, 3.63) is 130 Å². The molecule has 0 radical (unpaired) electrons. The summed E-state index contributed by atoms with van der Waals surface area (Å²) >= 11 is 0. The minimum atomic E-state index is -0.0497. The Morgan fingerprint density at radius 2 is 1.48 bits per heavy atom. The lowest BCUT2D eigenvalue weighted by Crippen LogP contribution is -2.27. The minimum absolute atomic E-state index is 0.0497. The molecule has 3 heteroatoms. The van der Waals surface area contributed by atoms with Crippen molar-refractivity contribution in [2.75, 3.05) is 7.05 Å². The maximum absolute atomic E-state index is 6.80. The van der Waals surface area contributed by atoms with Gasteiger partial charge in [-0.1, -0.05) is 133 Å². The number of aryl methyl sites for hydroxylation is 1. The van der Waals surface area contributed by atoms with E-state index >= 15 is 0 Å². The van der Waals surface area contributed by atoms with E-state index < -0.39 is 0 Å². The first-order valence-corrected chi connectivity index (χ1v) is 15.7. The molecular weight excluding hydrogens is 505 g/mol. The Labute approximate surface area is 243 Å². The van der Waals surface area contributed by atoms with Crippen LogP contribution in [0.3, 0.4) is 0 Å². The molecule has 0 spiro atoms. The molecule has 0 bridgehead atoms. The van der Waals surface area contributed by atoms with Crippen LogP contribution in [0.1, 0.15) is 86.3 Å². The van der Waals surface area contributed by atoms with Gasteiger partial charge in [0.1, 0.15) is 12.4 Å². The summed E-state index contributed by atoms with van der Waals surface area (Å²) in [7, 11) is 2.49. The van der Waals surface area contributed by atoms with Crippen LogP contribution >= 0.6 is 8.58 Å². The highest BCUT2D eigenvalue weighted by molar-refractivity contribution is 7.49. The first-order valence-electron chi connectivity index (χ1n) is 14.7. The second kappa shape index (κ2) is 13.9. The van der Waals surface area contributed by atoms with Gasteiger partial charge in [0.25, 0.3) is 0 Å². The van der Waals surface area contributed by atoms with Gasteiger partial charge in [0, 0.05) is 28.9 Å². The molecule has 0 amide bonds. The van der Waals surface area contributed by atoms with E-state index in [-0.39, 0.29) is 5.16 Å². The fraction of sp³-hybridized carbons (Fsp3) is 0.324. The Bertz CT molecular complexity index is 1410. The highest BCUT2D eigenvalue weighted by atomic mass is 31.1. The number of hydrogen-bond acceptors (Lipinski definition) is 2. The molecular formula is C37H44NOP. The van der Waals surface area contributed by atoms with Crippen molar-refractivity contribution >= 4 is 19.6 Å². The monoisotopic (exact) mass is 549 g/mol. The van der Waals surface area contributed by atoms with Gasteiger partial charge in [-0.2, -0.15) is 0 Å². The lowest BCUT2D eigenvalue weighted by atomic mass is 9.87. The van der Waals surface area contributed by atoms with Crippen LogP contribution in [0.4, 0.5) is 0 Å². The van der Waals surface area contributed by atoms with Gasteiger partial charge in [0.15, 0.2) is 0 Å². The summed E-state index contributed by atoms with van der Waals surface area (Å²) in [5.74, 6) is 1.51. The smallest absolute Gasteiger partial charge is 0.127 e. The van der Waals surface area contributed by atoms with E-state index in [1.165, 1.54) is 33.1 Å². The Morgan fingerprint density at radius 1 is 0.825 bits per heavy atom. The second-order valence-corrected chi connectivity index (χ2v) is 12.4. The molecule has 0 heterocycles. The molecule has 208 valence electrons.